The van der Waals surface area contributed by atoms with Crippen LogP contribution in [0.2, 0.25) is 0 Å². The van der Waals surface area contributed by atoms with Gasteiger partial charge < -0.3 is 0 Å². The Morgan fingerprint density at radius 1 is 1.29 bits per heavy atom. The standard InChI is InChI=1S/C11H7FIN3O4S/c12-9-5-8(2-3-10(9)16(17)18)21(19,20)15-11-4-1-7(13)6-14-11/h1-6H,(H,14,15). The number of nitro groups is 1. The van der Waals surface area contributed by atoms with Gasteiger partial charge in [0.05, 0.1) is 9.82 Å². The number of nitrogens with one attached hydrogen (secondary N) is 1. The summed E-state index contributed by atoms with van der Waals surface area (Å²) >= 11 is 2.01. The van der Waals surface area contributed by atoms with Crippen LogP contribution in [0.1, 0.15) is 0 Å². The third-order valence-electron chi connectivity index (χ3n) is 2.39. The maximum atomic E-state index is 13.5. The van der Waals surface area contributed by atoms with Crippen LogP contribution in [-0.2, 0) is 10.0 Å². The number of sulfonamides is 1. The first-order valence-electron chi connectivity index (χ1n) is 5.38. The topological polar surface area (TPSA) is 102 Å². The molecule has 1 aromatic heterocycles. The van der Waals surface area contributed by atoms with Gasteiger partial charge in [-0.05, 0) is 40.8 Å². The predicted molar refractivity (Wildman–Crippen MR) is 80.8 cm³/mol. The molecule has 0 spiro atoms. The van der Waals surface area contributed by atoms with Gasteiger partial charge in [0.15, 0.2) is 0 Å². The molecule has 110 valence electrons. The van der Waals surface area contributed by atoms with Crippen LogP contribution in [0.5, 0.6) is 0 Å². The largest absolute Gasteiger partial charge is 0.304 e. The second kappa shape index (κ2) is 5.89. The summed E-state index contributed by atoms with van der Waals surface area (Å²) in [6.45, 7) is 0. The summed E-state index contributed by atoms with van der Waals surface area (Å²) in [6, 6.07) is 5.43. The van der Waals surface area contributed by atoms with E-state index in [0.29, 0.717) is 6.07 Å². The Labute approximate surface area is 132 Å². The molecule has 0 amide bonds. The van der Waals surface area contributed by atoms with Gasteiger partial charge in [0.25, 0.3) is 10.0 Å². The monoisotopic (exact) mass is 423 g/mol. The zero-order valence-electron chi connectivity index (χ0n) is 10.2. The van der Waals surface area contributed by atoms with E-state index in [9.17, 15) is 22.9 Å². The number of hydrogen-bond donors (Lipinski definition) is 1. The van der Waals surface area contributed by atoms with Gasteiger partial charge in [-0.1, -0.05) is 0 Å². The van der Waals surface area contributed by atoms with Crippen LogP contribution in [-0.4, -0.2) is 18.3 Å². The van der Waals surface area contributed by atoms with Gasteiger partial charge in [-0.15, -0.1) is 0 Å². The number of nitro benzene ring substituents is 1. The highest BCUT2D eigenvalue weighted by molar-refractivity contribution is 14.1. The fraction of sp³-hybridized carbons (Fsp3) is 0. The fourth-order valence-corrected chi connectivity index (χ4v) is 2.77. The third kappa shape index (κ3) is 3.64. The van der Waals surface area contributed by atoms with E-state index in [2.05, 4.69) is 9.71 Å². The minimum atomic E-state index is -4.07. The Morgan fingerprint density at radius 2 is 2.00 bits per heavy atom. The van der Waals surface area contributed by atoms with Gasteiger partial charge in [-0.25, -0.2) is 13.4 Å². The summed E-state index contributed by atoms with van der Waals surface area (Å²) in [6.07, 6.45) is 1.45. The summed E-state index contributed by atoms with van der Waals surface area (Å²) in [5.41, 5.74) is -0.790. The van der Waals surface area contributed by atoms with E-state index in [1.165, 1.54) is 12.3 Å². The quantitative estimate of drug-likeness (QED) is 0.463. The first-order chi connectivity index (χ1) is 9.79. The minimum absolute atomic E-state index is 0.0641. The number of halogens is 2. The van der Waals surface area contributed by atoms with Gasteiger partial charge in [0.1, 0.15) is 5.82 Å². The second-order valence-electron chi connectivity index (χ2n) is 3.84. The highest BCUT2D eigenvalue weighted by Gasteiger charge is 2.21. The van der Waals surface area contributed by atoms with Gasteiger partial charge in [-0.3, -0.25) is 14.8 Å². The summed E-state index contributed by atoms with van der Waals surface area (Å²) < 4.78 is 40.5. The van der Waals surface area contributed by atoms with Crippen molar-refractivity contribution in [2.45, 2.75) is 4.90 Å². The van der Waals surface area contributed by atoms with Crippen LogP contribution in [0.25, 0.3) is 0 Å². The van der Waals surface area contributed by atoms with E-state index in [0.717, 1.165) is 15.7 Å². The highest BCUT2D eigenvalue weighted by atomic mass is 127. The normalized spacial score (nSPS) is 11.1. The molecule has 2 aromatic rings. The van der Waals surface area contributed by atoms with Crippen molar-refractivity contribution in [2.75, 3.05) is 4.72 Å². The summed E-state index contributed by atoms with van der Waals surface area (Å²) in [4.78, 5) is 13.0. The summed E-state index contributed by atoms with van der Waals surface area (Å²) in [7, 11) is -4.07. The van der Waals surface area contributed by atoms with Crippen molar-refractivity contribution in [2.24, 2.45) is 0 Å². The van der Waals surface area contributed by atoms with Gasteiger partial charge in [0, 0.05) is 21.9 Å². The number of aromatic nitrogens is 1. The molecule has 0 aliphatic carbocycles. The maximum Gasteiger partial charge on any atom is 0.304 e. The molecule has 1 aromatic carbocycles. The average Bonchev–Trinajstić information content (AvgIpc) is 2.40. The number of rotatable bonds is 4. The molecule has 21 heavy (non-hydrogen) atoms. The first kappa shape index (κ1) is 15.6. The van der Waals surface area contributed by atoms with Gasteiger partial charge in [-0.2, -0.15) is 4.39 Å². The van der Waals surface area contributed by atoms with Crippen LogP contribution in [0.4, 0.5) is 15.9 Å². The number of nitrogens with zero attached hydrogens (tertiary/aromatic N) is 2. The molecule has 2 rings (SSSR count). The molecule has 0 atom stereocenters. The lowest BCUT2D eigenvalue weighted by Gasteiger charge is -2.07. The zero-order valence-corrected chi connectivity index (χ0v) is 13.1. The summed E-state index contributed by atoms with van der Waals surface area (Å²) in [5, 5.41) is 10.5. The van der Waals surface area contributed by atoms with Gasteiger partial charge in [0.2, 0.25) is 5.82 Å². The van der Waals surface area contributed by atoms with Crippen molar-refractivity contribution in [3.05, 3.63) is 56.0 Å². The molecule has 0 bridgehead atoms. The molecule has 10 heteroatoms. The van der Waals surface area contributed by atoms with Crippen LogP contribution in [0.3, 0.4) is 0 Å². The Bertz CT molecular complexity index is 796. The van der Waals surface area contributed by atoms with E-state index >= 15 is 0 Å². The van der Waals surface area contributed by atoms with Crippen molar-refractivity contribution in [1.29, 1.82) is 0 Å². The van der Waals surface area contributed by atoms with Crippen LogP contribution >= 0.6 is 22.6 Å². The van der Waals surface area contributed by atoms with Crippen molar-refractivity contribution in [1.82, 2.24) is 4.98 Å². The Hall–Kier alpha value is -1.82. The van der Waals surface area contributed by atoms with Crippen molar-refractivity contribution < 1.29 is 17.7 Å². The van der Waals surface area contributed by atoms with Crippen LogP contribution < -0.4 is 4.72 Å². The Balaban J connectivity index is 2.33. The predicted octanol–water partition coefficient (Wildman–Crippen LogP) is 2.53. The minimum Gasteiger partial charge on any atom is -0.263 e. The molecule has 0 aliphatic heterocycles. The lowest BCUT2D eigenvalue weighted by molar-refractivity contribution is -0.387. The first-order valence-corrected chi connectivity index (χ1v) is 7.94. The molecule has 0 unspecified atom stereocenters. The van der Waals surface area contributed by atoms with E-state index in [4.69, 9.17) is 0 Å². The average molecular weight is 423 g/mol. The smallest absolute Gasteiger partial charge is 0.263 e. The van der Waals surface area contributed by atoms with Crippen molar-refractivity contribution >= 4 is 44.1 Å². The molecule has 0 radical (unpaired) electrons. The van der Waals surface area contributed by atoms with Crippen molar-refractivity contribution in [3.63, 3.8) is 0 Å². The van der Waals surface area contributed by atoms with Crippen molar-refractivity contribution in [3.8, 4) is 0 Å². The third-order valence-corrected chi connectivity index (χ3v) is 4.38. The Kier molecular flexibility index (Phi) is 4.37. The number of anilines is 1. The van der Waals surface area contributed by atoms with E-state index in [1.807, 2.05) is 22.6 Å². The van der Waals surface area contributed by atoms with Crippen LogP contribution in [0, 0.1) is 19.5 Å². The zero-order chi connectivity index (χ0) is 15.6. The molecule has 1 heterocycles. The van der Waals surface area contributed by atoms with E-state index in [1.54, 1.807) is 6.07 Å². The molecular formula is C11H7FIN3O4S. The lowest BCUT2D eigenvalue weighted by atomic mass is 10.3. The molecular weight excluding hydrogens is 416 g/mol. The molecule has 7 nitrogen and oxygen atoms in total. The van der Waals surface area contributed by atoms with E-state index in [-0.39, 0.29) is 5.82 Å². The number of pyridine rings is 1. The molecule has 0 saturated carbocycles. The molecule has 1 N–H and O–H groups in total. The van der Waals surface area contributed by atoms with E-state index < -0.39 is 31.3 Å². The molecule has 0 aliphatic rings. The summed E-state index contributed by atoms with van der Waals surface area (Å²) in [5.74, 6) is -1.16. The highest BCUT2D eigenvalue weighted by Crippen LogP contribution is 2.22. The number of hydrogen-bond acceptors (Lipinski definition) is 5. The Morgan fingerprint density at radius 3 is 2.52 bits per heavy atom. The fourth-order valence-electron chi connectivity index (χ4n) is 1.44. The number of benzene rings is 1. The lowest BCUT2D eigenvalue weighted by Crippen LogP contribution is -2.14. The SMILES string of the molecule is O=[N+]([O-])c1ccc(S(=O)(=O)Nc2ccc(I)cn2)cc1F. The molecule has 0 fully saturated rings. The van der Waals surface area contributed by atoms with Gasteiger partial charge >= 0.3 is 5.69 Å². The maximum absolute atomic E-state index is 13.5. The second-order valence-corrected chi connectivity index (χ2v) is 6.77. The molecule has 0 saturated heterocycles. The van der Waals surface area contributed by atoms with Crippen LogP contribution in [0.15, 0.2) is 41.4 Å².